The zero-order valence-corrected chi connectivity index (χ0v) is 17.6. The number of fused-ring (bicyclic) bond motifs is 3. The van der Waals surface area contributed by atoms with Crippen LogP contribution in [0.25, 0.3) is 11.3 Å². The van der Waals surface area contributed by atoms with Crippen molar-refractivity contribution in [3.63, 3.8) is 0 Å². The fraction of sp³-hybridized carbons (Fsp3) is 0.500. The molecule has 1 saturated heterocycles. The molecule has 3 heterocycles. The maximum absolute atomic E-state index is 12.8. The van der Waals surface area contributed by atoms with E-state index in [-0.39, 0.29) is 17.6 Å². The molecule has 1 fully saturated rings. The van der Waals surface area contributed by atoms with Crippen LogP contribution in [-0.2, 0) is 22.5 Å². The highest BCUT2D eigenvalue weighted by Crippen LogP contribution is 2.38. The zero-order valence-electron chi connectivity index (χ0n) is 17.6. The highest BCUT2D eigenvalue weighted by Gasteiger charge is 2.29. The summed E-state index contributed by atoms with van der Waals surface area (Å²) in [7, 11) is 3.21. The van der Waals surface area contributed by atoms with Gasteiger partial charge >= 0.3 is 11.7 Å². The number of aryl methyl sites for hydroxylation is 1. The van der Waals surface area contributed by atoms with Gasteiger partial charge in [-0.25, -0.2) is 4.79 Å². The molecule has 0 spiro atoms. The predicted octanol–water partition coefficient (Wildman–Crippen LogP) is 2.26. The second-order valence-electron chi connectivity index (χ2n) is 7.59. The standard InChI is InChI=1S/C22H27N3O5/c1-4-30-21(26)15-6-5-8-24(13-15)20-12-17-16-11-19(29-3)18(28-2)10-14(16)7-9-25(17)22(27)23-20/h10-12,15H,4-9,13H2,1-3H3. The lowest BCUT2D eigenvalue weighted by Gasteiger charge is -2.33. The van der Waals surface area contributed by atoms with Crippen LogP contribution in [0.3, 0.4) is 0 Å². The van der Waals surface area contributed by atoms with Crippen LogP contribution in [0, 0.1) is 5.92 Å². The summed E-state index contributed by atoms with van der Waals surface area (Å²) in [6.45, 7) is 4.01. The number of rotatable bonds is 5. The van der Waals surface area contributed by atoms with Gasteiger partial charge in [-0.05, 0) is 43.9 Å². The first kappa shape index (κ1) is 20.3. The van der Waals surface area contributed by atoms with Crippen LogP contribution >= 0.6 is 0 Å². The first-order chi connectivity index (χ1) is 14.5. The van der Waals surface area contributed by atoms with E-state index in [0.717, 1.165) is 42.6 Å². The molecule has 0 saturated carbocycles. The molecule has 30 heavy (non-hydrogen) atoms. The maximum atomic E-state index is 12.8. The van der Waals surface area contributed by atoms with Crippen LogP contribution < -0.4 is 20.1 Å². The van der Waals surface area contributed by atoms with Gasteiger partial charge < -0.3 is 19.1 Å². The van der Waals surface area contributed by atoms with Crippen LogP contribution in [-0.4, -0.2) is 49.4 Å². The Morgan fingerprint density at radius 1 is 1.17 bits per heavy atom. The summed E-state index contributed by atoms with van der Waals surface area (Å²) in [5.74, 6) is 1.52. The molecule has 1 atom stereocenters. The lowest BCUT2D eigenvalue weighted by Crippen LogP contribution is -2.41. The Labute approximate surface area is 175 Å². The Hall–Kier alpha value is -3.03. The first-order valence-corrected chi connectivity index (χ1v) is 10.3. The number of aromatic nitrogens is 2. The number of hydrogen-bond acceptors (Lipinski definition) is 7. The third-order valence-corrected chi connectivity index (χ3v) is 5.85. The third-order valence-electron chi connectivity index (χ3n) is 5.85. The Morgan fingerprint density at radius 3 is 2.67 bits per heavy atom. The number of methoxy groups -OCH3 is 2. The molecule has 0 aliphatic carbocycles. The minimum absolute atomic E-state index is 0.181. The molecule has 0 N–H and O–H groups in total. The number of benzene rings is 1. The highest BCUT2D eigenvalue weighted by molar-refractivity contribution is 5.74. The van der Waals surface area contributed by atoms with Gasteiger partial charge in [0.2, 0.25) is 0 Å². The molecule has 1 unspecified atom stereocenters. The summed E-state index contributed by atoms with van der Waals surface area (Å²) in [6, 6.07) is 5.83. The van der Waals surface area contributed by atoms with Crippen molar-refractivity contribution in [2.24, 2.45) is 5.92 Å². The quantitative estimate of drug-likeness (QED) is 0.696. The summed E-state index contributed by atoms with van der Waals surface area (Å²) in [5, 5.41) is 0. The van der Waals surface area contributed by atoms with Crippen LogP contribution in [0.2, 0.25) is 0 Å². The van der Waals surface area contributed by atoms with E-state index in [1.165, 1.54) is 0 Å². The number of carbonyl (C=O) groups excluding carboxylic acids is 1. The summed E-state index contributed by atoms with van der Waals surface area (Å²) in [6.07, 6.45) is 2.36. The summed E-state index contributed by atoms with van der Waals surface area (Å²) in [5.41, 5.74) is 2.58. The number of nitrogens with zero attached hydrogens (tertiary/aromatic N) is 3. The smallest absolute Gasteiger partial charge is 0.350 e. The van der Waals surface area contributed by atoms with Crippen LogP contribution in [0.5, 0.6) is 11.5 Å². The van der Waals surface area contributed by atoms with Crippen molar-refractivity contribution in [2.45, 2.75) is 32.7 Å². The van der Waals surface area contributed by atoms with Crippen LogP contribution in [0.4, 0.5) is 5.82 Å². The molecule has 1 aromatic carbocycles. The molecule has 0 radical (unpaired) electrons. The molecule has 2 aliphatic heterocycles. The Balaban J connectivity index is 1.72. The van der Waals surface area contributed by atoms with E-state index in [4.69, 9.17) is 14.2 Å². The molecule has 0 bridgehead atoms. The van der Waals surface area contributed by atoms with Gasteiger partial charge in [0.05, 0.1) is 32.4 Å². The minimum atomic E-state index is -0.277. The monoisotopic (exact) mass is 413 g/mol. The second-order valence-corrected chi connectivity index (χ2v) is 7.59. The summed E-state index contributed by atoms with van der Waals surface area (Å²) in [4.78, 5) is 31.4. The number of anilines is 1. The molecular formula is C22H27N3O5. The third kappa shape index (κ3) is 3.62. The normalized spacial score (nSPS) is 17.7. The minimum Gasteiger partial charge on any atom is -0.493 e. The van der Waals surface area contributed by atoms with E-state index < -0.39 is 0 Å². The van der Waals surface area contributed by atoms with Crippen molar-refractivity contribution < 1.29 is 19.0 Å². The number of ether oxygens (including phenoxy) is 3. The molecule has 160 valence electrons. The summed E-state index contributed by atoms with van der Waals surface area (Å²) >= 11 is 0. The largest absolute Gasteiger partial charge is 0.493 e. The van der Waals surface area contributed by atoms with Crippen molar-refractivity contribution in [3.8, 4) is 22.8 Å². The first-order valence-electron chi connectivity index (χ1n) is 10.3. The fourth-order valence-electron chi connectivity index (χ4n) is 4.33. The number of piperidine rings is 1. The van der Waals surface area contributed by atoms with Crippen molar-refractivity contribution in [1.29, 1.82) is 0 Å². The second kappa shape index (κ2) is 8.38. The predicted molar refractivity (Wildman–Crippen MR) is 112 cm³/mol. The van der Waals surface area contributed by atoms with Gasteiger partial charge in [0, 0.05) is 31.3 Å². The maximum Gasteiger partial charge on any atom is 0.350 e. The Morgan fingerprint density at radius 2 is 1.93 bits per heavy atom. The summed E-state index contributed by atoms with van der Waals surface area (Å²) < 4.78 is 17.8. The van der Waals surface area contributed by atoms with Gasteiger partial charge in [-0.1, -0.05) is 0 Å². The van der Waals surface area contributed by atoms with Crippen molar-refractivity contribution in [2.75, 3.05) is 38.8 Å². The van der Waals surface area contributed by atoms with E-state index in [9.17, 15) is 9.59 Å². The molecule has 2 aromatic rings. The van der Waals surface area contributed by atoms with Gasteiger partial charge in [-0.15, -0.1) is 0 Å². The average Bonchev–Trinajstić information content (AvgIpc) is 2.78. The lowest BCUT2D eigenvalue weighted by atomic mass is 9.96. The number of carbonyl (C=O) groups is 1. The van der Waals surface area contributed by atoms with E-state index in [0.29, 0.717) is 37.0 Å². The van der Waals surface area contributed by atoms with Crippen LogP contribution in [0.1, 0.15) is 25.3 Å². The van der Waals surface area contributed by atoms with Gasteiger partial charge in [0.15, 0.2) is 11.5 Å². The van der Waals surface area contributed by atoms with Crippen LogP contribution in [0.15, 0.2) is 23.0 Å². The zero-order chi connectivity index (χ0) is 21.3. The molecule has 4 rings (SSSR count). The van der Waals surface area contributed by atoms with Crippen molar-refractivity contribution in [3.05, 3.63) is 34.2 Å². The molecule has 0 amide bonds. The van der Waals surface area contributed by atoms with Gasteiger partial charge in [0.1, 0.15) is 5.82 Å². The number of hydrogen-bond donors (Lipinski definition) is 0. The van der Waals surface area contributed by atoms with E-state index >= 15 is 0 Å². The molecule has 2 aliphatic rings. The van der Waals surface area contributed by atoms with E-state index in [2.05, 4.69) is 4.98 Å². The number of esters is 1. The molecule has 8 nitrogen and oxygen atoms in total. The Kier molecular flexibility index (Phi) is 5.65. The topological polar surface area (TPSA) is 82.9 Å². The van der Waals surface area contributed by atoms with Crippen molar-refractivity contribution >= 4 is 11.8 Å². The average molecular weight is 413 g/mol. The fourth-order valence-corrected chi connectivity index (χ4v) is 4.33. The molecule has 8 heteroatoms. The highest BCUT2D eigenvalue weighted by atomic mass is 16.5. The Bertz CT molecular complexity index is 1020. The lowest BCUT2D eigenvalue weighted by molar-refractivity contribution is -0.148. The molecule has 1 aromatic heterocycles. The van der Waals surface area contributed by atoms with Gasteiger partial charge in [0.25, 0.3) is 0 Å². The van der Waals surface area contributed by atoms with Gasteiger partial charge in [-0.2, -0.15) is 4.98 Å². The van der Waals surface area contributed by atoms with Crippen molar-refractivity contribution in [1.82, 2.24) is 9.55 Å². The molecular weight excluding hydrogens is 386 g/mol. The van der Waals surface area contributed by atoms with E-state index in [1.54, 1.807) is 18.8 Å². The SMILES string of the molecule is CCOC(=O)C1CCCN(c2cc3n(c(=O)n2)CCc2cc(OC)c(OC)cc2-3)C1. The van der Waals surface area contributed by atoms with E-state index in [1.807, 2.05) is 30.0 Å². The van der Waals surface area contributed by atoms with Gasteiger partial charge in [-0.3, -0.25) is 9.36 Å².